The number of anilines is 1. The number of carbonyl (C=O) groups excluding carboxylic acids is 1. The molecule has 0 atom stereocenters. The molecule has 0 unspecified atom stereocenters. The van der Waals surface area contributed by atoms with E-state index in [9.17, 15) is 23.3 Å². The van der Waals surface area contributed by atoms with Gasteiger partial charge in [0.05, 0.1) is 15.5 Å². The number of non-ortho nitro benzene ring substituents is 1. The Bertz CT molecular complexity index is 1430. The number of carbonyl (C=O) groups is 1. The fourth-order valence-corrected chi connectivity index (χ4v) is 6.37. The van der Waals surface area contributed by atoms with E-state index >= 15 is 0 Å². The first kappa shape index (κ1) is 24.9. The molecule has 3 heterocycles. The van der Waals surface area contributed by atoms with E-state index < -0.39 is 14.9 Å². The summed E-state index contributed by atoms with van der Waals surface area (Å²) in [6.45, 7) is 3.48. The topological polar surface area (TPSA) is 142 Å². The number of fused-ring (bicyclic) bond motifs is 1. The number of aromatic amines is 1. The molecule has 0 bridgehead atoms. The van der Waals surface area contributed by atoms with Crippen molar-refractivity contribution in [2.45, 2.75) is 43.7 Å². The van der Waals surface area contributed by atoms with E-state index in [1.54, 1.807) is 6.92 Å². The molecule has 1 aromatic heterocycles. The van der Waals surface area contributed by atoms with Crippen LogP contribution >= 0.6 is 0 Å². The molecule has 2 N–H and O–H groups in total. The number of amides is 1. The smallest absolute Gasteiger partial charge is 0.270 e. The molecule has 12 heteroatoms. The van der Waals surface area contributed by atoms with Gasteiger partial charge in [0.1, 0.15) is 0 Å². The first-order valence-corrected chi connectivity index (χ1v) is 13.6. The van der Waals surface area contributed by atoms with E-state index in [4.69, 9.17) is 0 Å². The van der Waals surface area contributed by atoms with Crippen LogP contribution in [0.1, 0.15) is 31.0 Å². The second-order valence-electron chi connectivity index (χ2n) is 9.37. The van der Waals surface area contributed by atoms with Crippen molar-refractivity contribution in [3.05, 3.63) is 69.9 Å². The zero-order chi connectivity index (χ0) is 26.2. The molecule has 11 nitrogen and oxygen atoms in total. The van der Waals surface area contributed by atoms with Crippen molar-refractivity contribution in [3.63, 3.8) is 0 Å². The minimum Gasteiger partial charge on any atom is -0.382 e. The number of piperidine rings is 1. The van der Waals surface area contributed by atoms with Crippen molar-refractivity contribution in [2.75, 3.05) is 25.0 Å². The first-order chi connectivity index (χ1) is 17.7. The van der Waals surface area contributed by atoms with Crippen LogP contribution in [0.5, 0.6) is 0 Å². The monoisotopic (exact) mass is 524 g/mol. The molecule has 194 valence electrons. The van der Waals surface area contributed by atoms with E-state index in [-0.39, 0.29) is 29.6 Å². The summed E-state index contributed by atoms with van der Waals surface area (Å²) in [6, 6.07) is 13.3. The number of benzene rings is 2. The Morgan fingerprint density at radius 3 is 2.54 bits per heavy atom. The number of H-pyrrole nitrogens is 1. The summed E-state index contributed by atoms with van der Waals surface area (Å²) < 4.78 is 27.9. The van der Waals surface area contributed by atoms with Gasteiger partial charge < -0.3 is 10.2 Å². The van der Waals surface area contributed by atoms with Crippen LogP contribution in [0.3, 0.4) is 0 Å². The molecule has 5 rings (SSSR count). The molecular formula is C25H28N6O5S. The minimum absolute atomic E-state index is 0.0974. The Morgan fingerprint density at radius 1 is 1.14 bits per heavy atom. The molecule has 3 aromatic rings. The summed E-state index contributed by atoms with van der Waals surface area (Å²) in [5.41, 5.74) is 3.96. The quantitative estimate of drug-likeness (QED) is 0.373. The van der Waals surface area contributed by atoms with Gasteiger partial charge in [0.25, 0.3) is 5.69 Å². The summed E-state index contributed by atoms with van der Waals surface area (Å²) in [7, 11) is -3.92. The van der Waals surface area contributed by atoms with Gasteiger partial charge in [-0.25, -0.2) is 8.42 Å². The Labute approximate surface area is 214 Å². The number of rotatable bonds is 6. The first-order valence-electron chi connectivity index (χ1n) is 12.2. The Morgan fingerprint density at radius 2 is 1.86 bits per heavy atom. The lowest BCUT2D eigenvalue weighted by atomic mass is 10.0. The molecule has 0 spiro atoms. The maximum absolute atomic E-state index is 13.3. The Balaban J connectivity index is 1.31. The molecule has 2 aliphatic rings. The lowest BCUT2D eigenvalue weighted by molar-refractivity contribution is -0.385. The van der Waals surface area contributed by atoms with E-state index in [0.717, 1.165) is 54.5 Å². The average Bonchev–Trinajstić information content (AvgIpc) is 3.33. The Kier molecular flexibility index (Phi) is 6.69. The number of sulfonamides is 1. The van der Waals surface area contributed by atoms with Gasteiger partial charge >= 0.3 is 0 Å². The molecule has 1 fully saturated rings. The number of nitro groups is 1. The number of hydrogen-bond donors (Lipinski definition) is 2. The number of likely N-dealkylation sites (tertiary alicyclic amines) is 1. The fourth-order valence-electron chi connectivity index (χ4n) is 4.92. The van der Waals surface area contributed by atoms with Crippen LogP contribution in [0.4, 0.5) is 11.4 Å². The van der Waals surface area contributed by atoms with Crippen LogP contribution in [0.15, 0.2) is 53.4 Å². The van der Waals surface area contributed by atoms with E-state index in [1.165, 1.54) is 22.5 Å². The van der Waals surface area contributed by atoms with Crippen molar-refractivity contribution in [3.8, 4) is 11.3 Å². The summed E-state index contributed by atoms with van der Waals surface area (Å²) in [6.07, 6.45) is 2.25. The predicted octanol–water partition coefficient (Wildman–Crippen LogP) is 3.15. The maximum atomic E-state index is 13.3. The van der Waals surface area contributed by atoms with Crippen LogP contribution in [0.25, 0.3) is 11.3 Å². The van der Waals surface area contributed by atoms with Crippen molar-refractivity contribution >= 4 is 27.3 Å². The van der Waals surface area contributed by atoms with Gasteiger partial charge in [-0.3, -0.25) is 20.0 Å². The van der Waals surface area contributed by atoms with Crippen molar-refractivity contribution < 1.29 is 18.1 Å². The van der Waals surface area contributed by atoms with Crippen LogP contribution in [-0.4, -0.2) is 64.3 Å². The molecule has 1 saturated heterocycles. The van der Waals surface area contributed by atoms with Crippen LogP contribution in [0, 0.1) is 10.1 Å². The zero-order valence-electron chi connectivity index (χ0n) is 20.4. The predicted molar refractivity (Wildman–Crippen MR) is 137 cm³/mol. The third kappa shape index (κ3) is 5.07. The molecule has 0 radical (unpaired) electrons. The largest absolute Gasteiger partial charge is 0.382 e. The number of hydrogen-bond acceptors (Lipinski definition) is 7. The van der Waals surface area contributed by atoms with Gasteiger partial charge in [-0.1, -0.05) is 18.2 Å². The summed E-state index contributed by atoms with van der Waals surface area (Å²) in [5, 5.41) is 22.2. The van der Waals surface area contributed by atoms with Crippen LogP contribution in [0.2, 0.25) is 0 Å². The summed E-state index contributed by atoms with van der Waals surface area (Å²) >= 11 is 0. The minimum atomic E-state index is -3.92. The van der Waals surface area contributed by atoms with Crippen molar-refractivity contribution in [1.29, 1.82) is 0 Å². The number of nitrogens with zero attached hydrogens (tertiary/aromatic N) is 4. The lowest BCUT2D eigenvalue weighted by Gasteiger charge is -2.32. The molecule has 2 aliphatic heterocycles. The van der Waals surface area contributed by atoms with E-state index in [2.05, 4.69) is 15.5 Å². The molecule has 0 aliphatic carbocycles. The van der Waals surface area contributed by atoms with Gasteiger partial charge in [-0.05, 0) is 31.0 Å². The van der Waals surface area contributed by atoms with Gasteiger partial charge in [0.2, 0.25) is 15.9 Å². The maximum Gasteiger partial charge on any atom is 0.270 e. The summed E-state index contributed by atoms with van der Waals surface area (Å²) in [5.74, 6) is 0.113. The van der Waals surface area contributed by atoms with Gasteiger partial charge in [0, 0.05) is 80.2 Å². The zero-order valence-corrected chi connectivity index (χ0v) is 21.2. The standard InChI is InChI=1S/C25H28N6O5S/c1-17(32)29-12-9-20(10-13-29)26-19-7-5-18(6-8-19)25-23-16-30(14-11-24(23)27-28-25)37(35,36)22-4-2-3-21(15-22)31(33)34/h2-8,15,20,26H,9-14,16H2,1H3,(H,27,28). The lowest BCUT2D eigenvalue weighted by Crippen LogP contribution is -2.41. The van der Waals surface area contributed by atoms with E-state index in [0.29, 0.717) is 18.2 Å². The van der Waals surface area contributed by atoms with E-state index in [1.807, 2.05) is 29.2 Å². The highest BCUT2D eigenvalue weighted by atomic mass is 32.2. The SMILES string of the molecule is CC(=O)N1CCC(Nc2ccc(-c3n[nH]c4c3CN(S(=O)(=O)c3cccc([N+](=O)[O-])c3)CC4)cc2)CC1. The van der Waals surface area contributed by atoms with Gasteiger partial charge in [0.15, 0.2) is 0 Å². The van der Waals surface area contributed by atoms with Crippen LogP contribution in [-0.2, 0) is 27.8 Å². The van der Waals surface area contributed by atoms with Crippen molar-refractivity contribution in [2.24, 2.45) is 0 Å². The molecule has 1 amide bonds. The molecule has 0 saturated carbocycles. The second-order valence-corrected chi connectivity index (χ2v) is 11.3. The number of nitro benzene ring substituents is 1. The number of nitrogens with one attached hydrogen (secondary N) is 2. The highest BCUT2D eigenvalue weighted by molar-refractivity contribution is 7.89. The van der Waals surface area contributed by atoms with Crippen LogP contribution < -0.4 is 5.32 Å². The normalized spacial score (nSPS) is 16.8. The third-order valence-electron chi connectivity index (χ3n) is 7.03. The third-order valence-corrected chi connectivity index (χ3v) is 8.88. The molecule has 2 aromatic carbocycles. The molecule has 37 heavy (non-hydrogen) atoms. The van der Waals surface area contributed by atoms with Gasteiger partial charge in [-0.15, -0.1) is 0 Å². The fraction of sp³-hybridized carbons (Fsp3) is 0.360. The highest BCUT2D eigenvalue weighted by Crippen LogP contribution is 2.32. The number of aromatic nitrogens is 2. The highest BCUT2D eigenvalue weighted by Gasteiger charge is 2.32. The summed E-state index contributed by atoms with van der Waals surface area (Å²) in [4.78, 5) is 23.8. The molecular weight excluding hydrogens is 496 g/mol. The average molecular weight is 525 g/mol. The van der Waals surface area contributed by atoms with Gasteiger partial charge in [-0.2, -0.15) is 9.40 Å². The second kappa shape index (κ2) is 9.94. The van der Waals surface area contributed by atoms with Crippen molar-refractivity contribution in [1.82, 2.24) is 19.4 Å². The Hall–Kier alpha value is -3.77.